The van der Waals surface area contributed by atoms with Gasteiger partial charge in [0.25, 0.3) is 0 Å². The molecule has 0 spiro atoms. The average molecular weight is 361 g/mol. The van der Waals surface area contributed by atoms with E-state index in [-0.39, 0.29) is 6.61 Å². The molecule has 0 fully saturated rings. The van der Waals surface area contributed by atoms with Crippen molar-refractivity contribution >= 4 is 22.6 Å². The number of ether oxygens (including phenoxy) is 2. The smallest absolute Gasteiger partial charge is 0.176 e. The zero-order chi connectivity index (χ0) is 13.5. The lowest BCUT2D eigenvalue weighted by Crippen LogP contribution is -2.86. The topological polar surface area (TPSA) is 58.9 Å². The Bertz CT molecular complexity index is 441. The maximum Gasteiger partial charge on any atom is 0.176 e. The van der Waals surface area contributed by atoms with E-state index in [1.54, 1.807) is 7.11 Å². The zero-order valence-electron chi connectivity index (χ0n) is 10.9. The van der Waals surface area contributed by atoms with Crippen LogP contribution in [0, 0.1) is 14.9 Å². The first kappa shape index (κ1) is 15.1. The fourth-order valence-corrected chi connectivity index (χ4v) is 2.33. The van der Waals surface area contributed by atoms with Gasteiger partial charge in [-0.2, -0.15) is 5.26 Å². The highest BCUT2D eigenvalue weighted by Gasteiger charge is 2.12. The molecule has 0 saturated carbocycles. The van der Waals surface area contributed by atoms with Crippen LogP contribution in [-0.2, 0) is 6.54 Å². The first-order valence-electron chi connectivity index (χ1n) is 5.78. The van der Waals surface area contributed by atoms with Crippen molar-refractivity contribution in [2.24, 2.45) is 0 Å². The number of rotatable bonds is 6. The van der Waals surface area contributed by atoms with Gasteiger partial charge in [0.15, 0.2) is 18.1 Å². The summed E-state index contributed by atoms with van der Waals surface area (Å²) in [5, 5.41) is 10.8. The lowest BCUT2D eigenvalue weighted by molar-refractivity contribution is -0.698. The van der Waals surface area contributed by atoms with Crippen molar-refractivity contribution in [3.8, 4) is 17.6 Å². The van der Waals surface area contributed by atoms with Gasteiger partial charge >= 0.3 is 0 Å². The van der Waals surface area contributed by atoms with Gasteiger partial charge in [-0.1, -0.05) is 0 Å². The Morgan fingerprint density at radius 2 is 2.17 bits per heavy atom. The van der Waals surface area contributed by atoms with Gasteiger partial charge in [-0.05, 0) is 48.6 Å². The van der Waals surface area contributed by atoms with E-state index in [1.807, 2.05) is 12.1 Å². The molecule has 1 aromatic carbocycles. The van der Waals surface area contributed by atoms with Crippen LogP contribution >= 0.6 is 22.6 Å². The van der Waals surface area contributed by atoms with E-state index in [2.05, 4.69) is 47.8 Å². The lowest BCUT2D eigenvalue weighted by Gasteiger charge is -2.13. The molecule has 0 bridgehead atoms. The minimum Gasteiger partial charge on any atom is -0.493 e. The number of nitrogens with two attached hydrogens (primary N) is 1. The summed E-state index contributed by atoms with van der Waals surface area (Å²) in [5.41, 5.74) is 1.19. The Kier molecular flexibility index (Phi) is 6.22. The molecule has 2 N–H and O–H groups in total. The van der Waals surface area contributed by atoms with Crippen molar-refractivity contribution in [1.82, 2.24) is 0 Å². The number of quaternary nitrogens is 1. The van der Waals surface area contributed by atoms with Crippen molar-refractivity contribution < 1.29 is 14.8 Å². The second-order valence-electron chi connectivity index (χ2n) is 4.24. The molecule has 0 aliphatic carbocycles. The Morgan fingerprint density at radius 3 is 2.72 bits per heavy atom. The normalized spacial score (nSPS) is 10.2. The van der Waals surface area contributed by atoms with Crippen molar-refractivity contribution in [3.05, 3.63) is 21.3 Å². The Labute approximate surface area is 121 Å². The van der Waals surface area contributed by atoms with Gasteiger partial charge in [0.2, 0.25) is 0 Å². The highest BCUT2D eigenvalue weighted by Crippen LogP contribution is 2.33. The van der Waals surface area contributed by atoms with Gasteiger partial charge in [0, 0.05) is 5.56 Å². The third kappa shape index (κ3) is 4.35. The number of nitrogens with zero attached hydrogens (tertiary/aromatic N) is 1. The van der Waals surface area contributed by atoms with Crippen LogP contribution in [0.25, 0.3) is 0 Å². The van der Waals surface area contributed by atoms with Gasteiger partial charge in [-0.25, -0.2) is 0 Å². The van der Waals surface area contributed by atoms with Gasteiger partial charge in [0.05, 0.1) is 16.7 Å². The molecule has 4 nitrogen and oxygen atoms in total. The van der Waals surface area contributed by atoms with Crippen LogP contribution < -0.4 is 14.8 Å². The van der Waals surface area contributed by atoms with Gasteiger partial charge in [-0.3, -0.25) is 0 Å². The summed E-state index contributed by atoms with van der Waals surface area (Å²) in [4.78, 5) is 0. The summed E-state index contributed by atoms with van der Waals surface area (Å²) >= 11 is 2.20. The van der Waals surface area contributed by atoms with E-state index in [0.717, 1.165) is 10.1 Å². The summed E-state index contributed by atoms with van der Waals surface area (Å²) in [6.45, 7) is 5.26. The van der Waals surface area contributed by atoms with Crippen molar-refractivity contribution in [2.45, 2.75) is 26.4 Å². The fourth-order valence-electron chi connectivity index (χ4n) is 1.51. The lowest BCUT2D eigenvalue weighted by atomic mass is 10.2. The van der Waals surface area contributed by atoms with Crippen LogP contribution in [0.1, 0.15) is 19.4 Å². The van der Waals surface area contributed by atoms with Crippen molar-refractivity contribution in [3.63, 3.8) is 0 Å². The highest BCUT2D eigenvalue weighted by molar-refractivity contribution is 14.1. The Morgan fingerprint density at radius 1 is 1.44 bits per heavy atom. The molecule has 0 aliphatic rings. The predicted molar refractivity (Wildman–Crippen MR) is 77.6 cm³/mol. The molecule has 1 aromatic rings. The number of hydrogen-bond acceptors (Lipinski definition) is 3. The third-order valence-electron chi connectivity index (χ3n) is 2.40. The third-order valence-corrected chi connectivity index (χ3v) is 3.20. The quantitative estimate of drug-likeness (QED) is 0.785. The van der Waals surface area contributed by atoms with Crippen molar-refractivity contribution in [1.29, 1.82) is 5.26 Å². The van der Waals surface area contributed by atoms with E-state index >= 15 is 0 Å². The maximum absolute atomic E-state index is 8.56. The molecule has 98 valence electrons. The van der Waals surface area contributed by atoms with Crippen LogP contribution in [0.15, 0.2) is 12.1 Å². The maximum atomic E-state index is 8.56. The van der Waals surface area contributed by atoms with Crippen molar-refractivity contribution in [2.75, 3.05) is 13.7 Å². The second kappa shape index (κ2) is 7.44. The van der Waals surface area contributed by atoms with E-state index in [4.69, 9.17) is 14.7 Å². The van der Waals surface area contributed by atoms with E-state index < -0.39 is 0 Å². The Hall–Kier alpha value is -1.00. The summed E-state index contributed by atoms with van der Waals surface area (Å²) in [6, 6.07) is 6.55. The number of halogens is 1. The molecular weight excluding hydrogens is 343 g/mol. The summed E-state index contributed by atoms with van der Waals surface area (Å²) in [6.07, 6.45) is 0. The second-order valence-corrected chi connectivity index (χ2v) is 5.40. The molecule has 0 saturated heterocycles. The molecule has 0 radical (unpaired) electrons. The van der Waals surface area contributed by atoms with Crippen LogP contribution in [0.2, 0.25) is 0 Å². The average Bonchev–Trinajstić information content (AvgIpc) is 2.34. The molecule has 18 heavy (non-hydrogen) atoms. The van der Waals surface area contributed by atoms with E-state index in [9.17, 15) is 0 Å². The molecule has 5 heteroatoms. The molecule has 0 aliphatic heterocycles. The van der Waals surface area contributed by atoms with E-state index in [0.29, 0.717) is 17.5 Å². The van der Waals surface area contributed by atoms with Gasteiger partial charge in [0.1, 0.15) is 12.6 Å². The summed E-state index contributed by atoms with van der Waals surface area (Å²) < 4.78 is 11.7. The van der Waals surface area contributed by atoms with Crippen LogP contribution in [0.4, 0.5) is 0 Å². The van der Waals surface area contributed by atoms with Crippen LogP contribution in [0.5, 0.6) is 11.5 Å². The molecule has 0 amide bonds. The van der Waals surface area contributed by atoms with Crippen LogP contribution in [-0.4, -0.2) is 19.8 Å². The molecule has 0 aromatic heterocycles. The van der Waals surface area contributed by atoms with Gasteiger partial charge in [-0.15, -0.1) is 0 Å². The fraction of sp³-hybridized carbons (Fsp3) is 0.462. The minimum absolute atomic E-state index is 0.0316. The number of methoxy groups -OCH3 is 1. The highest BCUT2D eigenvalue weighted by atomic mass is 127. The first-order chi connectivity index (χ1) is 8.58. The largest absolute Gasteiger partial charge is 0.493 e. The number of nitriles is 1. The molecule has 0 unspecified atom stereocenters. The molecule has 0 heterocycles. The standard InChI is InChI=1S/C13H17IN2O2/c1-9(2)16-8-10-6-11(14)13(18-5-4-15)12(7-10)17-3/h6-7,9,16H,5,8H2,1-3H3/p+1. The first-order valence-corrected chi connectivity index (χ1v) is 6.85. The van der Waals surface area contributed by atoms with Gasteiger partial charge < -0.3 is 14.8 Å². The summed E-state index contributed by atoms with van der Waals surface area (Å²) in [7, 11) is 1.61. The SMILES string of the molecule is COc1cc(C[NH2+]C(C)C)cc(I)c1OCC#N. The minimum atomic E-state index is 0.0316. The monoisotopic (exact) mass is 361 g/mol. The number of hydrogen-bond donors (Lipinski definition) is 1. The predicted octanol–water partition coefficient (Wildman–Crippen LogP) is 1.67. The summed E-state index contributed by atoms with van der Waals surface area (Å²) in [5.74, 6) is 1.33. The van der Waals surface area contributed by atoms with Crippen LogP contribution in [0.3, 0.4) is 0 Å². The molecular formula is C13H18IN2O2+. The number of benzene rings is 1. The Balaban J connectivity index is 2.92. The molecule has 0 atom stereocenters. The van der Waals surface area contributed by atoms with E-state index in [1.165, 1.54) is 5.56 Å². The molecule has 1 rings (SSSR count). The zero-order valence-corrected chi connectivity index (χ0v) is 13.0.